The Morgan fingerprint density at radius 2 is 2.00 bits per heavy atom. The molecule has 0 aliphatic rings. The van der Waals surface area contributed by atoms with Gasteiger partial charge in [-0.2, -0.15) is 0 Å². The SMILES string of the molecule is Cc1cc(C(=O)COC(=O)c2ccc(Cl)c([N+](=O)[O-])c2)c(C)n1Cc1cccs1. The largest absolute Gasteiger partial charge is 0.454 e. The van der Waals surface area contributed by atoms with E-state index in [1.54, 1.807) is 17.4 Å². The van der Waals surface area contributed by atoms with Crippen molar-refractivity contribution in [2.75, 3.05) is 6.61 Å². The molecule has 0 aliphatic heterocycles. The molecule has 3 aromatic rings. The quantitative estimate of drug-likeness (QED) is 0.231. The lowest BCUT2D eigenvalue weighted by Gasteiger charge is -2.08. The van der Waals surface area contributed by atoms with Gasteiger partial charge in [0.2, 0.25) is 5.78 Å². The number of aromatic nitrogens is 1. The van der Waals surface area contributed by atoms with Gasteiger partial charge in [0.25, 0.3) is 5.69 Å². The minimum atomic E-state index is -0.828. The van der Waals surface area contributed by atoms with Gasteiger partial charge in [-0.3, -0.25) is 14.9 Å². The summed E-state index contributed by atoms with van der Waals surface area (Å²) in [5, 5.41) is 12.9. The molecule has 2 heterocycles. The number of halogens is 1. The molecule has 7 nitrogen and oxygen atoms in total. The monoisotopic (exact) mass is 432 g/mol. The molecule has 0 radical (unpaired) electrons. The molecule has 3 rings (SSSR count). The van der Waals surface area contributed by atoms with Gasteiger partial charge in [0.05, 0.1) is 17.0 Å². The summed E-state index contributed by atoms with van der Waals surface area (Å²) in [6.45, 7) is 3.96. The Labute approximate surface area is 175 Å². The summed E-state index contributed by atoms with van der Waals surface area (Å²) in [4.78, 5) is 36.2. The number of Topliss-reactive ketones (excluding diaryl/α,β-unsaturated/α-hetero) is 1. The number of carbonyl (C=O) groups excluding carboxylic acids is 2. The average Bonchev–Trinajstić information content (AvgIpc) is 3.29. The van der Waals surface area contributed by atoms with E-state index < -0.39 is 23.2 Å². The Morgan fingerprint density at radius 1 is 1.24 bits per heavy atom. The highest BCUT2D eigenvalue weighted by molar-refractivity contribution is 7.09. The standard InChI is InChI=1S/C20H17ClN2O5S/c1-12-8-16(13(2)22(12)10-15-4-3-7-29-15)19(24)11-28-20(25)14-5-6-17(21)18(9-14)23(26)27/h3-9H,10-11H2,1-2H3. The molecule has 0 unspecified atom stereocenters. The van der Waals surface area contributed by atoms with Gasteiger partial charge >= 0.3 is 5.97 Å². The first-order valence-electron chi connectivity index (χ1n) is 8.61. The lowest BCUT2D eigenvalue weighted by Crippen LogP contribution is -2.15. The summed E-state index contributed by atoms with van der Waals surface area (Å²) in [6.07, 6.45) is 0. The molecule has 0 fully saturated rings. The summed E-state index contributed by atoms with van der Waals surface area (Å²) < 4.78 is 7.10. The predicted molar refractivity (Wildman–Crippen MR) is 110 cm³/mol. The molecule has 0 bridgehead atoms. The zero-order valence-electron chi connectivity index (χ0n) is 15.7. The third-order valence-electron chi connectivity index (χ3n) is 4.48. The third-order valence-corrected chi connectivity index (χ3v) is 5.66. The molecule has 29 heavy (non-hydrogen) atoms. The normalized spacial score (nSPS) is 10.7. The van der Waals surface area contributed by atoms with E-state index >= 15 is 0 Å². The van der Waals surface area contributed by atoms with Gasteiger partial charge < -0.3 is 9.30 Å². The number of nitro benzene ring substituents is 1. The molecule has 0 saturated heterocycles. The summed E-state index contributed by atoms with van der Waals surface area (Å²) in [5.74, 6) is -1.17. The molecule has 2 aromatic heterocycles. The van der Waals surface area contributed by atoms with Crippen LogP contribution in [-0.2, 0) is 11.3 Å². The van der Waals surface area contributed by atoms with Crippen molar-refractivity contribution in [3.8, 4) is 0 Å². The second kappa shape index (κ2) is 8.59. The van der Waals surface area contributed by atoms with Crippen LogP contribution in [0.4, 0.5) is 5.69 Å². The minimum Gasteiger partial charge on any atom is -0.454 e. The summed E-state index contributed by atoms with van der Waals surface area (Å²) in [6, 6.07) is 9.36. The van der Waals surface area contributed by atoms with Crippen molar-refractivity contribution in [3.63, 3.8) is 0 Å². The molecular weight excluding hydrogens is 416 g/mol. The molecule has 0 aliphatic carbocycles. The number of hydrogen-bond donors (Lipinski definition) is 0. The van der Waals surface area contributed by atoms with Crippen LogP contribution < -0.4 is 0 Å². The number of thiophene rings is 1. The number of ether oxygens (including phenoxy) is 1. The zero-order valence-corrected chi connectivity index (χ0v) is 17.2. The van der Waals surface area contributed by atoms with E-state index in [-0.39, 0.29) is 16.4 Å². The molecule has 9 heteroatoms. The molecule has 150 valence electrons. The van der Waals surface area contributed by atoms with Crippen molar-refractivity contribution in [1.82, 2.24) is 4.57 Å². The zero-order chi connectivity index (χ0) is 21.1. The minimum absolute atomic E-state index is 0.0444. The average molecular weight is 433 g/mol. The molecule has 0 saturated carbocycles. The number of esters is 1. The van der Waals surface area contributed by atoms with Crippen LogP contribution in [0, 0.1) is 24.0 Å². The van der Waals surface area contributed by atoms with E-state index in [4.69, 9.17) is 16.3 Å². The first-order valence-corrected chi connectivity index (χ1v) is 9.87. The third kappa shape index (κ3) is 4.55. The fourth-order valence-electron chi connectivity index (χ4n) is 2.96. The van der Waals surface area contributed by atoms with Gasteiger partial charge in [0, 0.05) is 27.9 Å². The van der Waals surface area contributed by atoms with Crippen LogP contribution in [-0.4, -0.2) is 27.8 Å². The molecule has 0 spiro atoms. The summed E-state index contributed by atoms with van der Waals surface area (Å²) in [5.41, 5.74) is 1.76. The number of hydrogen-bond acceptors (Lipinski definition) is 6. The number of ketones is 1. The molecular formula is C20H17ClN2O5S. The first-order chi connectivity index (χ1) is 13.8. The highest BCUT2D eigenvalue weighted by Gasteiger charge is 2.20. The topological polar surface area (TPSA) is 91.4 Å². The van der Waals surface area contributed by atoms with E-state index in [9.17, 15) is 19.7 Å². The van der Waals surface area contributed by atoms with E-state index in [1.807, 2.05) is 35.9 Å². The molecule has 0 N–H and O–H groups in total. The van der Waals surface area contributed by atoms with Crippen LogP contribution >= 0.6 is 22.9 Å². The number of aryl methyl sites for hydroxylation is 1. The summed E-state index contributed by atoms with van der Waals surface area (Å²) in [7, 11) is 0. The Balaban J connectivity index is 1.70. The Morgan fingerprint density at radius 3 is 2.66 bits per heavy atom. The Hall–Kier alpha value is -2.97. The Kier molecular flexibility index (Phi) is 6.14. The van der Waals surface area contributed by atoms with Crippen LogP contribution in [0.5, 0.6) is 0 Å². The van der Waals surface area contributed by atoms with Gasteiger partial charge in [0.1, 0.15) is 5.02 Å². The van der Waals surface area contributed by atoms with Crippen molar-refractivity contribution in [1.29, 1.82) is 0 Å². The van der Waals surface area contributed by atoms with Crippen molar-refractivity contribution in [3.05, 3.63) is 84.3 Å². The van der Waals surface area contributed by atoms with Crippen LogP contribution in [0.2, 0.25) is 5.02 Å². The van der Waals surface area contributed by atoms with Crippen molar-refractivity contribution >= 4 is 40.4 Å². The van der Waals surface area contributed by atoms with Crippen molar-refractivity contribution in [2.24, 2.45) is 0 Å². The van der Waals surface area contributed by atoms with Gasteiger partial charge in [-0.15, -0.1) is 11.3 Å². The van der Waals surface area contributed by atoms with Gasteiger partial charge in [-0.05, 0) is 43.5 Å². The first kappa shape index (κ1) is 20.8. The van der Waals surface area contributed by atoms with E-state index in [1.165, 1.54) is 17.0 Å². The molecule has 0 amide bonds. The van der Waals surface area contributed by atoms with Crippen LogP contribution in [0.25, 0.3) is 0 Å². The number of carbonyl (C=O) groups is 2. The van der Waals surface area contributed by atoms with E-state index in [0.717, 1.165) is 17.5 Å². The summed E-state index contributed by atoms with van der Waals surface area (Å²) >= 11 is 7.38. The maximum Gasteiger partial charge on any atom is 0.338 e. The van der Waals surface area contributed by atoms with Crippen LogP contribution in [0.1, 0.15) is 37.0 Å². The number of benzene rings is 1. The smallest absolute Gasteiger partial charge is 0.338 e. The van der Waals surface area contributed by atoms with Crippen LogP contribution in [0.3, 0.4) is 0 Å². The maximum atomic E-state index is 12.6. The van der Waals surface area contributed by atoms with Crippen molar-refractivity contribution in [2.45, 2.75) is 20.4 Å². The lowest BCUT2D eigenvalue weighted by molar-refractivity contribution is -0.384. The van der Waals surface area contributed by atoms with Crippen LogP contribution in [0.15, 0.2) is 41.8 Å². The molecule has 1 aromatic carbocycles. The maximum absolute atomic E-state index is 12.6. The second-order valence-electron chi connectivity index (χ2n) is 6.37. The fourth-order valence-corrected chi connectivity index (χ4v) is 3.84. The fraction of sp³-hybridized carbons (Fsp3) is 0.200. The highest BCUT2D eigenvalue weighted by Crippen LogP contribution is 2.25. The number of nitro groups is 1. The number of nitrogens with zero attached hydrogens (tertiary/aromatic N) is 2. The van der Waals surface area contributed by atoms with Crippen molar-refractivity contribution < 1.29 is 19.2 Å². The van der Waals surface area contributed by atoms with Gasteiger partial charge in [-0.25, -0.2) is 4.79 Å². The van der Waals surface area contributed by atoms with E-state index in [2.05, 4.69) is 0 Å². The number of rotatable bonds is 7. The second-order valence-corrected chi connectivity index (χ2v) is 7.81. The lowest BCUT2D eigenvalue weighted by atomic mass is 10.1. The highest BCUT2D eigenvalue weighted by atomic mass is 35.5. The predicted octanol–water partition coefficient (Wildman–Crippen LogP) is 4.82. The van der Waals surface area contributed by atoms with E-state index in [0.29, 0.717) is 12.1 Å². The Bertz CT molecular complexity index is 1090. The van der Waals surface area contributed by atoms with Gasteiger partial charge in [-0.1, -0.05) is 17.7 Å². The molecule has 0 atom stereocenters. The van der Waals surface area contributed by atoms with Gasteiger partial charge in [0.15, 0.2) is 6.61 Å².